The van der Waals surface area contributed by atoms with Gasteiger partial charge in [0.2, 0.25) is 6.71 Å². The molecular weight excluding hydrogens is 752 g/mol. The summed E-state index contributed by atoms with van der Waals surface area (Å²) in [5.74, 6) is 0. The minimum atomic E-state index is 0.140. The largest absolute Gasteiger partial charge is 0.309 e. The van der Waals surface area contributed by atoms with E-state index in [1.807, 2.05) is 23.5 Å². The van der Waals surface area contributed by atoms with E-state index < -0.39 is 0 Å². The molecule has 0 N–H and O–H groups in total. The molecule has 0 saturated heterocycles. The number of benzene rings is 9. The van der Waals surface area contributed by atoms with Crippen LogP contribution >= 0.6 is 23.5 Å². The first-order valence-corrected chi connectivity index (χ1v) is 21.8. The molecule has 0 amide bonds. The zero-order chi connectivity index (χ0) is 38.6. The molecule has 0 radical (unpaired) electrons. The van der Waals surface area contributed by atoms with Crippen LogP contribution in [0.3, 0.4) is 0 Å². The molecule has 0 bridgehead atoms. The van der Waals surface area contributed by atoms with Gasteiger partial charge in [-0.05, 0) is 107 Å². The van der Waals surface area contributed by atoms with Crippen LogP contribution in [-0.2, 0) is 0 Å². The van der Waals surface area contributed by atoms with Crippen LogP contribution in [0.5, 0.6) is 0 Å². The summed E-state index contributed by atoms with van der Waals surface area (Å²) in [6.45, 7) is 0.140. The van der Waals surface area contributed by atoms with Crippen LogP contribution < -0.4 is 16.4 Å². The average molecular weight is 785 g/mol. The first-order chi connectivity index (χ1) is 29.3. The van der Waals surface area contributed by atoms with Crippen LogP contribution in [-0.4, -0.2) is 15.8 Å². The summed E-state index contributed by atoms with van der Waals surface area (Å²) < 4.78 is 4.82. The quantitative estimate of drug-likeness (QED) is 0.165. The Balaban J connectivity index is 1.11. The van der Waals surface area contributed by atoms with Crippen molar-refractivity contribution >= 4 is 90.2 Å². The highest BCUT2D eigenvalue weighted by molar-refractivity contribution is 8.01. The van der Waals surface area contributed by atoms with Crippen LogP contribution in [0.25, 0.3) is 77.2 Å². The highest BCUT2D eigenvalue weighted by Crippen LogP contribution is 2.49. The lowest BCUT2D eigenvalue weighted by molar-refractivity contribution is 1.18. The third kappa shape index (κ3) is 4.92. The molecule has 13 rings (SSSR count). The van der Waals surface area contributed by atoms with Crippen molar-refractivity contribution in [2.45, 2.75) is 19.6 Å². The number of fused-ring (bicyclic) bond motifs is 10. The van der Waals surface area contributed by atoms with Gasteiger partial charge in [0.1, 0.15) is 0 Å². The third-order valence-corrected chi connectivity index (χ3v) is 14.9. The van der Waals surface area contributed by atoms with Gasteiger partial charge >= 0.3 is 0 Å². The molecule has 11 aromatic rings. The molecular formula is C54H33BN2S2. The van der Waals surface area contributed by atoms with Crippen LogP contribution in [0.4, 0.5) is 0 Å². The average Bonchev–Trinajstić information content (AvgIpc) is 3.82. The highest BCUT2D eigenvalue weighted by Gasteiger charge is 2.40. The van der Waals surface area contributed by atoms with E-state index in [2.05, 4.69) is 209 Å². The second-order valence-corrected chi connectivity index (χ2v) is 17.7. The molecule has 2 aromatic heterocycles. The molecule has 0 fully saturated rings. The number of hydrogen-bond donors (Lipinski definition) is 0. The predicted molar refractivity (Wildman–Crippen MR) is 252 cm³/mol. The molecule has 2 nitrogen and oxygen atoms in total. The molecule has 9 aromatic carbocycles. The summed E-state index contributed by atoms with van der Waals surface area (Å²) in [5.41, 5.74) is 16.5. The van der Waals surface area contributed by atoms with Crippen molar-refractivity contribution in [3.63, 3.8) is 0 Å². The maximum absolute atomic E-state index is 2.52. The normalized spacial score (nSPS) is 12.9. The standard InChI is InChI=1S/C54H33BN2S2/c1-3-15-36(16-4-1)56-46-23-11-7-19-38(46)42-31-34(27-29-48(42)56)40-33-41(35-28-30-49-43(32-35)39-20-8-12-24-47(39)57(49)37-17-5-2-6-18-37)54-52-53(40)58-50-25-13-9-21-44(50)55(52)45-22-10-14-26-51(45)59-54/h1-33H. The maximum Gasteiger partial charge on any atom is 0.247 e. The number of aromatic nitrogens is 2. The fraction of sp³-hybridized carbons (Fsp3) is 0. The van der Waals surface area contributed by atoms with E-state index in [0.717, 1.165) is 0 Å². The van der Waals surface area contributed by atoms with Gasteiger partial charge in [-0.25, -0.2) is 0 Å². The summed E-state index contributed by atoms with van der Waals surface area (Å²) in [7, 11) is 0. The molecule has 59 heavy (non-hydrogen) atoms. The zero-order valence-corrected chi connectivity index (χ0v) is 33.5. The number of para-hydroxylation sites is 4. The molecule has 0 spiro atoms. The van der Waals surface area contributed by atoms with E-state index in [-0.39, 0.29) is 6.71 Å². The van der Waals surface area contributed by atoms with Gasteiger partial charge in [-0.3, -0.25) is 0 Å². The molecule has 274 valence electrons. The number of hydrogen-bond acceptors (Lipinski definition) is 2. The van der Waals surface area contributed by atoms with Crippen LogP contribution in [0, 0.1) is 0 Å². The van der Waals surface area contributed by atoms with E-state index >= 15 is 0 Å². The first-order valence-electron chi connectivity index (χ1n) is 20.2. The second kappa shape index (κ2) is 12.9. The summed E-state index contributed by atoms with van der Waals surface area (Å²) in [4.78, 5) is 5.40. The third-order valence-electron chi connectivity index (χ3n) is 12.4. The van der Waals surface area contributed by atoms with Crippen molar-refractivity contribution in [2.24, 2.45) is 0 Å². The van der Waals surface area contributed by atoms with Gasteiger partial charge in [0.05, 0.1) is 22.1 Å². The number of nitrogens with zero attached hydrogens (tertiary/aromatic N) is 2. The van der Waals surface area contributed by atoms with E-state index in [1.165, 1.54) is 113 Å². The molecule has 5 heteroatoms. The molecule has 0 aliphatic carbocycles. The molecule has 0 atom stereocenters. The Hall–Kier alpha value is -6.66. The Morgan fingerprint density at radius 1 is 0.339 bits per heavy atom. The van der Waals surface area contributed by atoms with Gasteiger partial charge < -0.3 is 9.13 Å². The number of rotatable bonds is 4. The van der Waals surface area contributed by atoms with E-state index in [0.29, 0.717) is 0 Å². The monoisotopic (exact) mass is 784 g/mol. The highest BCUT2D eigenvalue weighted by atomic mass is 32.2. The van der Waals surface area contributed by atoms with E-state index in [1.54, 1.807) is 0 Å². The zero-order valence-electron chi connectivity index (χ0n) is 31.8. The summed E-state index contributed by atoms with van der Waals surface area (Å²) in [6.07, 6.45) is 0. The second-order valence-electron chi connectivity index (χ2n) is 15.6. The van der Waals surface area contributed by atoms with E-state index in [4.69, 9.17) is 0 Å². The Bertz CT molecular complexity index is 3280. The first kappa shape index (κ1) is 33.3. The van der Waals surface area contributed by atoms with Crippen molar-refractivity contribution in [3.8, 4) is 33.6 Å². The minimum Gasteiger partial charge on any atom is -0.309 e. The van der Waals surface area contributed by atoms with Crippen molar-refractivity contribution in [2.75, 3.05) is 0 Å². The maximum atomic E-state index is 2.52. The SMILES string of the molecule is c1ccc(-n2c3ccccc3c3cc(-c4cc(-c5ccc6c(c5)c5ccccc5n6-c5ccccc5)c5c6c4Sc4ccccc4B6c4ccccc4S5)ccc32)cc1. The Morgan fingerprint density at radius 3 is 1.24 bits per heavy atom. The fourth-order valence-corrected chi connectivity index (χ4v) is 12.5. The lowest BCUT2D eigenvalue weighted by Gasteiger charge is -2.35. The van der Waals surface area contributed by atoms with Gasteiger partial charge in [0.15, 0.2) is 0 Å². The molecule has 2 aliphatic rings. The van der Waals surface area contributed by atoms with Crippen molar-refractivity contribution in [1.82, 2.24) is 9.13 Å². The van der Waals surface area contributed by atoms with Crippen LogP contribution in [0.1, 0.15) is 0 Å². The Kier molecular flexibility index (Phi) is 7.30. The van der Waals surface area contributed by atoms with Gasteiger partial charge in [-0.1, -0.05) is 156 Å². The van der Waals surface area contributed by atoms with Gasteiger partial charge in [0, 0.05) is 52.5 Å². The summed E-state index contributed by atoms with van der Waals surface area (Å²) >= 11 is 3.89. The van der Waals surface area contributed by atoms with Crippen molar-refractivity contribution in [3.05, 3.63) is 200 Å². The van der Waals surface area contributed by atoms with Gasteiger partial charge in [-0.2, -0.15) is 0 Å². The topological polar surface area (TPSA) is 9.86 Å². The Morgan fingerprint density at radius 2 is 0.746 bits per heavy atom. The molecule has 0 unspecified atom stereocenters. The molecule has 2 aliphatic heterocycles. The van der Waals surface area contributed by atoms with Gasteiger partial charge in [-0.15, -0.1) is 0 Å². The van der Waals surface area contributed by atoms with Crippen LogP contribution in [0.15, 0.2) is 220 Å². The summed E-state index contributed by atoms with van der Waals surface area (Å²) in [5, 5.41) is 5.06. The van der Waals surface area contributed by atoms with Crippen molar-refractivity contribution in [1.29, 1.82) is 0 Å². The lowest BCUT2D eigenvalue weighted by atomic mass is 9.36. The molecule has 4 heterocycles. The predicted octanol–water partition coefficient (Wildman–Crippen LogP) is 12.7. The summed E-state index contributed by atoms with van der Waals surface area (Å²) in [6, 6.07) is 74.2. The molecule has 0 saturated carbocycles. The fourth-order valence-electron chi connectivity index (χ4n) is 9.89. The van der Waals surface area contributed by atoms with Crippen molar-refractivity contribution < 1.29 is 0 Å². The Labute approximate surface area is 350 Å². The minimum absolute atomic E-state index is 0.140. The van der Waals surface area contributed by atoms with Crippen LogP contribution in [0.2, 0.25) is 0 Å². The lowest BCUT2D eigenvalue weighted by Crippen LogP contribution is -2.58. The van der Waals surface area contributed by atoms with E-state index in [9.17, 15) is 0 Å². The smallest absolute Gasteiger partial charge is 0.247 e. The van der Waals surface area contributed by atoms with Gasteiger partial charge in [0.25, 0.3) is 0 Å².